The molecule has 1 heterocycles. The standard InChI is InChI=1S/C15H10FN3OS/c1-20-10-5-6-11(16)13(7-10)19-12-4-2-3-9(8-17)14(12)18-15(19)21/h2-7H,1H3,(H,18,21). The molecule has 6 heteroatoms. The molecule has 0 saturated carbocycles. The number of nitrogens with zero attached hydrogens (tertiary/aromatic N) is 2. The molecule has 0 amide bonds. The number of fused-ring (bicyclic) bond motifs is 1. The molecule has 0 aliphatic rings. The van der Waals surface area contributed by atoms with Crippen molar-refractivity contribution in [2.24, 2.45) is 0 Å². The van der Waals surface area contributed by atoms with E-state index < -0.39 is 5.82 Å². The van der Waals surface area contributed by atoms with Gasteiger partial charge in [-0.15, -0.1) is 0 Å². The first-order valence-corrected chi connectivity index (χ1v) is 6.54. The van der Waals surface area contributed by atoms with Crippen molar-refractivity contribution in [1.29, 1.82) is 5.26 Å². The van der Waals surface area contributed by atoms with Gasteiger partial charge in [-0.1, -0.05) is 6.07 Å². The number of benzene rings is 2. The molecule has 21 heavy (non-hydrogen) atoms. The first-order chi connectivity index (χ1) is 10.2. The lowest BCUT2D eigenvalue weighted by atomic mass is 10.2. The molecule has 1 N–H and O–H groups in total. The number of hydrogen-bond donors (Lipinski definition) is 1. The lowest BCUT2D eigenvalue weighted by Gasteiger charge is -2.08. The number of aromatic amines is 1. The topological polar surface area (TPSA) is 53.7 Å². The smallest absolute Gasteiger partial charge is 0.182 e. The first-order valence-electron chi connectivity index (χ1n) is 6.13. The van der Waals surface area contributed by atoms with E-state index in [0.29, 0.717) is 27.1 Å². The summed E-state index contributed by atoms with van der Waals surface area (Å²) in [4.78, 5) is 2.96. The minimum atomic E-state index is -0.421. The van der Waals surface area contributed by atoms with Gasteiger partial charge >= 0.3 is 0 Å². The van der Waals surface area contributed by atoms with Gasteiger partial charge in [0.25, 0.3) is 0 Å². The lowest BCUT2D eigenvalue weighted by Crippen LogP contribution is -1.98. The third kappa shape index (κ3) is 2.08. The minimum Gasteiger partial charge on any atom is -0.497 e. The van der Waals surface area contributed by atoms with Crippen LogP contribution in [0.4, 0.5) is 4.39 Å². The zero-order valence-corrected chi connectivity index (χ0v) is 11.9. The predicted molar refractivity (Wildman–Crippen MR) is 79.7 cm³/mol. The molecule has 0 atom stereocenters. The summed E-state index contributed by atoms with van der Waals surface area (Å²) in [6.45, 7) is 0. The Balaban J connectivity index is 2.39. The molecule has 3 rings (SSSR count). The molecule has 0 unspecified atom stereocenters. The average Bonchev–Trinajstić information content (AvgIpc) is 2.83. The van der Waals surface area contributed by atoms with E-state index in [2.05, 4.69) is 11.1 Å². The Morgan fingerprint density at radius 2 is 2.14 bits per heavy atom. The number of aromatic nitrogens is 2. The maximum absolute atomic E-state index is 14.2. The van der Waals surface area contributed by atoms with Crippen LogP contribution < -0.4 is 4.74 Å². The molecule has 0 fully saturated rings. The molecular weight excluding hydrogens is 289 g/mol. The zero-order chi connectivity index (χ0) is 15.0. The highest BCUT2D eigenvalue weighted by molar-refractivity contribution is 7.71. The van der Waals surface area contributed by atoms with Crippen molar-refractivity contribution in [1.82, 2.24) is 9.55 Å². The molecule has 104 valence electrons. The molecule has 3 aromatic rings. The van der Waals surface area contributed by atoms with E-state index in [0.717, 1.165) is 0 Å². The summed E-state index contributed by atoms with van der Waals surface area (Å²) in [5.74, 6) is 0.106. The number of H-pyrrole nitrogens is 1. The maximum Gasteiger partial charge on any atom is 0.182 e. The average molecular weight is 299 g/mol. The number of nitriles is 1. The van der Waals surface area contributed by atoms with Gasteiger partial charge in [0.1, 0.15) is 17.6 Å². The van der Waals surface area contributed by atoms with Crippen LogP contribution in [0, 0.1) is 21.9 Å². The second-order valence-electron chi connectivity index (χ2n) is 4.39. The molecular formula is C15H10FN3OS. The fraction of sp³-hybridized carbons (Fsp3) is 0.0667. The fourth-order valence-electron chi connectivity index (χ4n) is 2.25. The van der Waals surface area contributed by atoms with Gasteiger partial charge in [-0.3, -0.25) is 4.57 Å². The Hall–Kier alpha value is -2.65. The summed E-state index contributed by atoms with van der Waals surface area (Å²) in [7, 11) is 1.51. The van der Waals surface area contributed by atoms with Crippen molar-refractivity contribution >= 4 is 23.3 Å². The zero-order valence-electron chi connectivity index (χ0n) is 11.1. The van der Waals surface area contributed by atoms with E-state index in [9.17, 15) is 4.39 Å². The van der Waals surface area contributed by atoms with Crippen LogP contribution in [0.5, 0.6) is 5.75 Å². The molecule has 0 aliphatic heterocycles. The molecule has 0 saturated heterocycles. The third-order valence-electron chi connectivity index (χ3n) is 3.23. The number of rotatable bonds is 2. The molecule has 2 aromatic carbocycles. The highest BCUT2D eigenvalue weighted by Gasteiger charge is 2.13. The molecule has 4 nitrogen and oxygen atoms in total. The normalized spacial score (nSPS) is 10.5. The molecule has 1 aromatic heterocycles. The molecule has 0 aliphatic carbocycles. The van der Waals surface area contributed by atoms with E-state index in [1.165, 1.54) is 19.2 Å². The van der Waals surface area contributed by atoms with Crippen LogP contribution in [0.1, 0.15) is 5.56 Å². The summed E-state index contributed by atoms with van der Waals surface area (Å²) in [5, 5.41) is 9.14. The summed E-state index contributed by atoms with van der Waals surface area (Å²) in [6.07, 6.45) is 0. The van der Waals surface area contributed by atoms with Gasteiger partial charge in [0.05, 0.1) is 29.4 Å². The second-order valence-corrected chi connectivity index (χ2v) is 4.78. The van der Waals surface area contributed by atoms with Crippen molar-refractivity contribution < 1.29 is 9.13 Å². The monoisotopic (exact) mass is 299 g/mol. The predicted octanol–water partition coefficient (Wildman–Crippen LogP) is 3.71. The molecule has 0 radical (unpaired) electrons. The Labute approximate surface area is 125 Å². The Kier molecular flexibility index (Phi) is 3.20. The van der Waals surface area contributed by atoms with E-state index in [-0.39, 0.29) is 5.69 Å². The number of ether oxygens (including phenoxy) is 1. The number of para-hydroxylation sites is 1. The largest absolute Gasteiger partial charge is 0.497 e. The van der Waals surface area contributed by atoms with E-state index >= 15 is 0 Å². The van der Waals surface area contributed by atoms with Crippen LogP contribution in [0.15, 0.2) is 36.4 Å². The van der Waals surface area contributed by atoms with Gasteiger partial charge in [-0.2, -0.15) is 5.26 Å². The van der Waals surface area contributed by atoms with Gasteiger partial charge in [0.2, 0.25) is 0 Å². The Bertz CT molecular complexity index is 936. The maximum atomic E-state index is 14.2. The van der Waals surface area contributed by atoms with Crippen LogP contribution in [0.3, 0.4) is 0 Å². The van der Waals surface area contributed by atoms with E-state index in [1.54, 1.807) is 28.8 Å². The van der Waals surface area contributed by atoms with Crippen molar-refractivity contribution in [3.05, 3.63) is 52.5 Å². The number of halogens is 1. The molecule has 0 bridgehead atoms. The van der Waals surface area contributed by atoms with Crippen molar-refractivity contribution in [2.75, 3.05) is 7.11 Å². The Morgan fingerprint density at radius 1 is 1.33 bits per heavy atom. The van der Waals surface area contributed by atoms with Gasteiger partial charge < -0.3 is 9.72 Å². The van der Waals surface area contributed by atoms with Gasteiger partial charge in [0, 0.05) is 6.07 Å². The van der Waals surface area contributed by atoms with Crippen molar-refractivity contribution in [2.45, 2.75) is 0 Å². The van der Waals surface area contributed by atoms with E-state index in [1.807, 2.05) is 0 Å². The number of hydrogen-bond acceptors (Lipinski definition) is 3. The second kappa shape index (κ2) is 5.04. The summed E-state index contributed by atoms with van der Waals surface area (Å²) in [6, 6.07) is 11.7. The first kappa shape index (κ1) is 13.3. The Morgan fingerprint density at radius 3 is 2.86 bits per heavy atom. The van der Waals surface area contributed by atoms with Gasteiger partial charge in [-0.05, 0) is 36.5 Å². The van der Waals surface area contributed by atoms with E-state index in [4.69, 9.17) is 22.2 Å². The fourth-order valence-corrected chi connectivity index (χ4v) is 2.55. The number of methoxy groups -OCH3 is 1. The van der Waals surface area contributed by atoms with Crippen LogP contribution in [-0.2, 0) is 0 Å². The number of imidazole rings is 1. The highest BCUT2D eigenvalue weighted by atomic mass is 32.1. The quantitative estimate of drug-likeness (QED) is 0.734. The number of nitrogens with one attached hydrogen (secondary N) is 1. The van der Waals surface area contributed by atoms with Gasteiger partial charge in [0.15, 0.2) is 4.77 Å². The SMILES string of the molecule is COc1ccc(F)c(-n2c(=S)[nH]c3c(C#N)cccc32)c1. The summed E-state index contributed by atoms with van der Waals surface area (Å²) < 4.78 is 21.2. The van der Waals surface area contributed by atoms with Gasteiger partial charge in [-0.25, -0.2) is 4.39 Å². The summed E-state index contributed by atoms with van der Waals surface area (Å²) in [5.41, 5.74) is 1.97. The van der Waals surface area contributed by atoms with Crippen molar-refractivity contribution in [3.63, 3.8) is 0 Å². The lowest BCUT2D eigenvalue weighted by molar-refractivity contribution is 0.413. The highest BCUT2D eigenvalue weighted by Crippen LogP contribution is 2.26. The van der Waals surface area contributed by atoms with Crippen LogP contribution in [0.2, 0.25) is 0 Å². The van der Waals surface area contributed by atoms with Crippen LogP contribution in [-0.4, -0.2) is 16.7 Å². The van der Waals surface area contributed by atoms with Crippen molar-refractivity contribution in [3.8, 4) is 17.5 Å². The third-order valence-corrected chi connectivity index (χ3v) is 3.52. The minimum absolute atomic E-state index is 0.278. The van der Waals surface area contributed by atoms with Crippen LogP contribution >= 0.6 is 12.2 Å². The van der Waals surface area contributed by atoms with Crippen LogP contribution in [0.25, 0.3) is 16.7 Å². The summed E-state index contributed by atoms with van der Waals surface area (Å²) >= 11 is 5.27. The molecule has 0 spiro atoms.